The average Bonchev–Trinajstić information content (AvgIpc) is 2.43. The number of hydrogen-bond acceptors (Lipinski definition) is 4. The fourth-order valence-electron chi connectivity index (χ4n) is 1.80. The van der Waals surface area contributed by atoms with Crippen LogP contribution >= 0.6 is 0 Å². The number of hydrogen-bond donors (Lipinski definition) is 2. The summed E-state index contributed by atoms with van der Waals surface area (Å²) in [5.41, 5.74) is -4.30. The molecule has 0 fully saturated rings. The van der Waals surface area contributed by atoms with Crippen molar-refractivity contribution in [3.05, 3.63) is 72.0 Å². The van der Waals surface area contributed by atoms with E-state index < -0.39 is 39.3 Å². The zero-order valence-corrected chi connectivity index (χ0v) is 11.2. The van der Waals surface area contributed by atoms with E-state index in [1.54, 1.807) is 4.98 Å². The quantitative estimate of drug-likeness (QED) is 0.665. The van der Waals surface area contributed by atoms with Crippen LogP contribution in [0.5, 0.6) is 0 Å². The standard InChI is InChI=1S/C13H8F3N3O4/c14-13(15,16)8-3-1-2-7(6-8)4-5-9-10(19(22)23)11(20)18-12(21)17-9/h1-6H,(H2,17,18,20,21). The van der Waals surface area contributed by atoms with Gasteiger partial charge in [-0.25, -0.2) is 4.79 Å². The molecule has 120 valence electrons. The zero-order valence-electron chi connectivity index (χ0n) is 11.2. The van der Waals surface area contributed by atoms with E-state index in [1.165, 1.54) is 6.07 Å². The number of rotatable bonds is 3. The number of nitrogens with zero attached hydrogens (tertiary/aromatic N) is 1. The van der Waals surface area contributed by atoms with Crippen LogP contribution in [0.3, 0.4) is 0 Å². The van der Waals surface area contributed by atoms with E-state index in [2.05, 4.69) is 4.98 Å². The van der Waals surface area contributed by atoms with Crippen LogP contribution in [0.4, 0.5) is 18.9 Å². The first-order chi connectivity index (χ1) is 10.7. The molecule has 0 spiro atoms. The molecular formula is C13H8F3N3O4. The maximum atomic E-state index is 12.6. The van der Waals surface area contributed by atoms with Gasteiger partial charge in [0.2, 0.25) is 0 Å². The Labute approximate surface area is 125 Å². The minimum absolute atomic E-state index is 0.0928. The normalized spacial score (nSPS) is 11.8. The Bertz CT molecular complexity index is 896. The van der Waals surface area contributed by atoms with Gasteiger partial charge in [0.25, 0.3) is 0 Å². The lowest BCUT2D eigenvalue weighted by atomic mass is 10.1. The third-order valence-corrected chi connectivity index (χ3v) is 2.78. The molecule has 0 saturated carbocycles. The minimum atomic E-state index is -4.53. The Morgan fingerprint density at radius 2 is 1.83 bits per heavy atom. The highest BCUT2D eigenvalue weighted by molar-refractivity contribution is 5.71. The first-order valence-electron chi connectivity index (χ1n) is 6.05. The number of halogens is 3. The van der Waals surface area contributed by atoms with Gasteiger partial charge in [-0.15, -0.1) is 0 Å². The summed E-state index contributed by atoms with van der Waals surface area (Å²) in [7, 11) is 0. The molecule has 2 aromatic rings. The molecule has 23 heavy (non-hydrogen) atoms. The number of aromatic amines is 2. The lowest BCUT2D eigenvalue weighted by Crippen LogP contribution is -2.25. The smallest absolute Gasteiger partial charge is 0.301 e. The van der Waals surface area contributed by atoms with Crippen molar-refractivity contribution in [2.75, 3.05) is 0 Å². The molecule has 0 aliphatic carbocycles. The van der Waals surface area contributed by atoms with Crippen LogP contribution in [-0.4, -0.2) is 14.9 Å². The van der Waals surface area contributed by atoms with Crippen LogP contribution in [0.15, 0.2) is 33.9 Å². The van der Waals surface area contributed by atoms with E-state index in [0.717, 1.165) is 30.4 Å². The summed E-state index contributed by atoms with van der Waals surface area (Å²) in [6, 6.07) is 4.20. The molecule has 10 heteroatoms. The highest BCUT2D eigenvalue weighted by Gasteiger charge is 2.30. The van der Waals surface area contributed by atoms with E-state index in [0.29, 0.717) is 0 Å². The van der Waals surface area contributed by atoms with Crippen molar-refractivity contribution < 1.29 is 18.1 Å². The molecule has 0 aliphatic rings. The predicted octanol–water partition coefficient (Wildman–Crippen LogP) is 2.16. The third kappa shape index (κ3) is 3.73. The number of alkyl halides is 3. The van der Waals surface area contributed by atoms with Crippen molar-refractivity contribution in [2.24, 2.45) is 0 Å². The van der Waals surface area contributed by atoms with Crippen molar-refractivity contribution in [3.63, 3.8) is 0 Å². The number of benzene rings is 1. The fourth-order valence-corrected chi connectivity index (χ4v) is 1.80. The second kappa shape index (κ2) is 5.91. The molecule has 0 atom stereocenters. The Kier molecular flexibility index (Phi) is 4.16. The second-order valence-corrected chi connectivity index (χ2v) is 4.38. The molecule has 0 unspecified atom stereocenters. The van der Waals surface area contributed by atoms with Gasteiger partial charge >= 0.3 is 23.1 Å². The first kappa shape index (κ1) is 16.2. The van der Waals surface area contributed by atoms with Crippen LogP contribution in [0.1, 0.15) is 16.8 Å². The summed E-state index contributed by atoms with van der Waals surface area (Å²) < 4.78 is 37.8. The molecular weight excluding hydrogens is 319 g/mol. The summed E-state index contributed by atoms with van der Waals surface area (Å²) in [4.78, 5) is 36.1. The van der Waals surface area contributed by atoms with E-state index >= 15 is 0 Å². The average molecular weight is 327 g/mol. The van der Waals surface area contributed by atoms with Gasteiger partial charge in [0.05, 0.1) is 10.5 Å². The van der Waals surface area contributed by atoms with E-state index in [1.807, 2.05) is 0 Å². The summed E-state index contributed by atoms with van der Waals surface area (Å²) in [6.07, 6.45) is -2.43. The Hall–Kier alpha value is -3.17. The zero-order chi connectivity index (χ0) is 17.2. The molecule has 2 rings (SSSR count). The topological polar surface area (TPSA) is 109 Å². The summed E-state index contributed by atoms with van der Waals surface area (Å²) in [5, 5.41) is 10.8. The third-order valence-electron chi connectivity index (χ3n) is 2.78. The van der Waals surface area contributed by atoms with Crippen LogP contribution < -0.4 is 11.2 Å². The molecule has 0 bridgehead atoms. The lowest BCUT2D eigenvalue weighted by molar-refractivity contribution is -0.386. The van der Waals surface area contributed by atoms with Gasteiger partial charge in [0, 0.05) is 0 Å². The number of nitro groups is 1. The van der Waals surface area contributed by atoms with Crippen molar-refractivity contribution in [2.45, 2.75) is 6.18 Å². The largest absolute Gasteiger partial charge is 0.416 e. The fraction of sp³-hybridized carbons (Fsp3) is 0.0769. The minimum Gasteiger partial charge on any atom is -0.301 e. The molecule has 0 amide bonds. The van der Waals surface area contributed by atoms with Crippen molar-refractivity contribution >= 4 is 17.8 Å². The van der Waals surface area contributed by atoms with E-state index in [9.17, 15) is 32.9 Å². The lowest BCUT2D eigenvalue weighted by Gasteiger charge is -2.06. The maximum Gasteiger partial charge on any atom is 0.416 e. The molecule has 0 saturated heterocycles. The molecule has 1 aromatic heterocycles. The molecule has 0 radical (unpaired) electrons. The van der Waals surface area contributed by atoms with Gasteiger partial charge in [-0.3, -0.25) is 19.9 Å². The van der Waals surface area contributed by atoms with Gasteiger partial charge in [-0.2, -0.15) is 13.2 Å². The van der Waals surface area contributed by atoms with E-state index in [4.69, 9.17) is 0 Å². The molecule has 2 N–H and O–H groups in total. The summed E-state index contributed by atoms with van der Waals surface area (Å²) in [5.74, 6) is 0. The number of H-pyrrole nitrogens is 2. The van der Waals surface area contributed by atoms with Gasteiger partial charge in [0.15, 0.2) is 0 Å². The van der Waals surface area contributed by atoms with E-state index in [-0.39, 0.29) is 5.56 Å². The van der Waals surface area contributed by atoms with Crippen molar-refractivity contribution in [3.8, 4) is 0 Å². The Morgan fingerprint density at radius 1 is 1.13 bits per heavy atom. The van der Waals surface area contributed by atoms with Gasteiger partial charge in [0.1, 0.15) is 5.69 Å². The predicted molar refractivity (Wildman–Crippen MR) is 74.7 cm³/mol. The first-order valence-corrected chi connectivity index (χ1v) is 6.05. The second-order valence-electron chi connectivity index (χ2n) is 4.38. The molecule has 0 aliphatic heterocycles. The molecule has 1 aromatic carbocycles. The summed E-state index contributed by atoms with van der Waals surface area (Å²) in [6.45, 7) is 0. The van der Waals surface area contributed by atoms with Gasteiger partial charge < -0.3 is 4.98 Å². The van der Waals surface area contributed by atoms with Crippen LogP contribution in [-0.2, 0) is 6.18 Å². The van der Waals surface area contributed by atoms with Crippen LogP contribution in [0.25, 0.3) is 12.2 Å². The van der Waals surface area contributed by atoms with Crippen molar-refractivity contribution in [1.82, 2.24) is 9.97 Å². The van der Waals surface area contributed by atoms with Crippen LogP contribution in [0.2, 0.25) is 0 Å². The monoisotopic (exact) mass is 327 g/mol. The van der Waals surface area contributed by atoms with Crippen molar-refractivity contribution in [1.29, 1.82) is 0 Å². The highest BCUT2D eigenvalue weighted by Crippen LogP contribution is 2.29. The number of nitrogens with one attached hydrogen (secondary N) is 2. The van der Waals surface area contributed by atoms with Gasteiger partial charge in [-0.05, 0) is 23.8 Å². The molecule has 7 nitrogen and oxygen atoms in total. The molecule has 1 heterocycles. The van der Waals surface area contributed by atoms with Gasteiger partial charge in [-0.1, -0.05) is 18.2 Å². The Balaban J connectivity index is 2.48. The maximum absolute atomic E-state index is 12.6. The number of aromatic nitrogens is 2. The van der Waals surface area contributed by atoms with Crippen LogP contribution in [0, 0.1) is 10.1 Å². The SMILES string of the molecule is O=c1[nH]c(C=Cc2cccc(C(F)(F)F)c2)c([N+](=O)[O-])c(=O)[nH]1. The summed E-state index contributed by atoms with van der Waals surface area (Å²) >= 11 is 0. The highest BCUT2D eigenvalue weighted by atomic mass is 19.4. The Morgan fingerprint density at radius 3 is 2.43 bits per heavy atom.